The Hall–Kier alpha value is -3.80. The van der Waals surface area contributed by atoms with Crippen LogP contribution in [0.2, 0.25) is 0 Å². The van der Waals surface area contributed by atoms with Crippen molar-refractivity contribution in [2.75, 3.05) is 23.7 Å². The molecule has 0 saturated carbocycles. The molecule has 0 saturated heterocycles. The van der Waals surface area contributed by atoms with Crippen molar-refractivity contribution in [2.24, 2.45) is 0 Å². The van der Waals surface area contributed by atoms with Gasteiger partial charge in [0.2, 0.25) is 5.95 Å². The molecule has 6 nitrogen and oxygen atoms in total. The maximum Gasteiger partial charge on any atom is 0.222 e. The van der Waals surface area contributed by atoms with Crippen LogP contribution in [-0.2, 0) is 0 Å². The summed E-state index contributed by atoms with van der Waals surface area (Å²) < 4.78 is 0. The van der Waals surface area contributed by atoms with Gasteiger partial charge in [-0.25, -0.2) is 9.97 Å². The van der Waals surface area contributed by atoms with E-state index in [0.717, 1.165) is 28.2 Å². The van der Waals surface area contributed by atoms with E-state index < -0.39 is 0 Å². The molecule has 0 bridgehead atoms. The summed E-state index contributed by atoms with van der Waals surface area (Å²) in [6.45, 7) is 1.33. The van der Waals surface area contributed by atoms with E-state index in [4.69, 9.17) is 0 Å². The highest BCUT2D eigenvalue weighted by Crippen LogP contribution is 2.29. The first-order chi connectivity index (χ1) is 13.9. The van der Waals surface area contributed by atoms with Crippen LogP contribution < -0.4 is 10.6 Å². The molecule has 0 spiro atoms. The lowest BCUT2D eigenvalue weighted by Gasteiger charge is -2.12. The first-order valence-corrected chi connectivity index (χ1v) is 9.13. The summed E-state index contributed by atoms with van der Waals surface area (Å²) in [4.78, 5) is 8.31. The van der Waals surface area contributed by atoms with Gasteiger partial charge in [-0.15, -0.1) is 10.2 Å². The lowest BCUT2D eigenvalue weighted by molar-refractivity contribution is 0.983. The second-order valence-electron chi connectivity index (χ2n) is 6.15. The van der Waals surface area contributed by atoms with Gasteiger partial charge in [0.15, 0.2) is 5.82 Å². The molecule has 0 aliphatic rings. The third-order valence-corrected chi connectivity index (χ3v) is 4.21. The summed E-state index contributed by atoms with van der Waals surface area (Å²) in [5.74, 6) is 1.36. The Bertz CT molecular complexity index is 1010. The molecule has 6 heteroatoms. The Balaban J connectivity index is 1.54. The van der Waals surface area contributed by atoms with Crippen molar-refractivity contribution in [3.63, 3.8) is 0 Å². The molecule has 0 aliphatic carbocycles. The van der Waals surface area contributed by atoms with Crippen LogP contribution in [0.15, 0.2) is 85.2 Å². The van der Waals surface area contributed by atoms with E-state index in [2.05, 4.69) is 49.0 Å². The average Bonchev–Trinajstić information content (AvgIpc) is 2.79. The van der Waals surface area contributed by atoms with Crippen LogP contribution in [0.3, 0.4) is 0 Å². The third kappa shape index (κ3) is 4.29. The largest absolute Gasteiger partial charge is 0.366 e. The minimum Gasteiger partial charge on any atom is -0.366 e. The Morgan fingerprint density at radius 3 is 2.00 bits per heavy atom. The summed E-state index contributed by atoms with van der Waals surface area (Å²) in [5.41, 5.74) is 4.00. The lowest BCUT2D eigenvalue weighted by Crippen LogP contribution is -2.16. The monoisotopic (exact) mass is 368 g/mol. The summed E-state index contributed by atoms with van der Waals surface area (Å²) in [5, 5.41) is 15.4. The predicted molar refractivity (Wildman–Crippen MR) is 112 cm³/mol. The van der Waals surface area contributed by atoms with E-state index >= 15 is 0 Å². The molecule has 0 atom stereocenters. The molecular weight excluding hydrogens is 348 g/mol. The number of rotatable bonds is 7. The van der Waals surface area contributed by atoms with Crippen molar-refractivity contribution in [1.82, 2.24) is 20.2 Å². The Morgan fingerprint density at radius 2 is 1.29 bits per heavy atom. The van der Waals surface area contributed by atoms with E-state index in [9.17, 15) is 0 Å². The zero-order valence-electron chi connectivity index (χ0n) is 15.3. The smallest absolute Gasteiger partial charge is 0.222 e. The van der Waals surface area contributed by atoms with E-state index in [1.807, 2.05) is 48.5 Å². The maximum atomic E-state index is 4.46. The molecule has 138 valence electrons. The highest BCUT2D eigenvalue weighted by molar-refractivity contribution is 5.78. The second kappa shape index (κ2) is 8.73. The summed E-state index contributed by atoms with van der Waals surface area (Å²) in [6.07, 6.45) is 3.42. The minimum atomic E-state index is 0.609. The molecule has 4 aromatic rings. The number of nitrogens with one attached hydrogen (secondary N) is 2. The predicted octanol–water partition coefficient (Wildman–Crippen LogP) is 4.12. The quantitative estimate of drug-likeness (QED) is 0.478. The Kier molecular flexibility index (Phi) is 5.49. The molecule has 2 N–H and O–H groups in total. The normalized spacial score (nSPS) is 10.4. The molecule has 0 radical (unpaired) electrons. The van der Waals surface area contributed by atoms with Crippen molar-refractivity contribution >= 4 is 11.8 Å². The summed E-state index contributed by atoms with van der Waals surface area (Å²) in [7, 11) is 0. The number of aromatic nitrogens is 4. The molecule has 0 amide bonds. The van der Waals surface area contributed by atoms with Crippen molar-refractivity contribution in [1.29, 1.82) is 0 Å². The Labute approximate surface area is 163 Å². The van der Waals surface area contributed by atoms with Gasteiger partial charge in [-0.1, -0.05) is 60.7 Å². The maximum absolute atomic E-state index is 4.46. The number of anilines is 2. The molecular formula is C22H20N6. The van der Waals surface area contributed by atoms with Crippen LogP contribution in [0.4, 0.5) is 11.8 Å². The number of benzene rings is 2. The average molecular weight is 368 g/mol. The fraction of sp³-hybridized carbons (Fsp3) is 0.0909. The topological polar surface area (TPSA) is 75.6 Å². The second-order valence-corrected chi connectivity index (χ2v) is 6.15. The van der Waals surface area contributed by atoms with Crippen molar-refractivity contribution < 1.29 is 0 Å². The number of hydrogen-bond acceptors (Lipinski definition) is 6. The van der Waals surface area contributed by atoms with Crippen molar-refractivity contribution in [3.05, 3.63) is 85.2 Å². The molecule has 2 heterocycles. The van der Waals surface area contributed by atoms with Crippen LogP contribution in [0.5, 0.6) is 0 Å². The highest BCUT2D eigenvalue weighted by atomic mass is 15.2. The third-order valence-electron chi connectivity index (χ3n) is 4.21. The van der Waals surface area contributed by atoms with Gasteiger partial charge in [0, 0.05) is 36.6 Å². The first kappa shape index (κ1) is 17.6. The van der Waals surface area contributed by atoms with Gasteiger partial charge < -0.3 is 10.6 Å². The molecule has 0 unspecified atom stereocenters. The van der Waals surface area contributed by atoms with E-state index in [0.29, 0.717) is 19.0 Å². The fourth-order valence-electron chi connectivity index (χ4n) is 2.86. The Morgan fingerprint density at radius 1 is 0.643 bits per heavy atom. The van der Waals surface area contributed by atoms with Gasteiger partial charge in [0.1, 0.15) is 0 Å². The molecule has 2 aromatic carbocycles. The zero-order chi connectivity index (χ0) is 19.0. The van der Waals surface area contributed by atoms with Gasteiger partial charge in [-0.3, -0.25) is 0 Å². The van der Waals surface area contributed by atoms with Gasteiger partial charge >= 0.3 is 0 Å². The van der Waals surface area contributed by atoms with E-state index in [1.165, 1.54) is 0 Å². The van der Waals surface area contributed by atoms with Crippen LogP contribution >= 0.6 is 0 Å². The molecule has 28 heavy (non-hydrogen) atoms. The molecule has 0 aliphatic heterocycles. The minimum absolute atomic E-state index is 0.609. The van der Waals surface area contributed by atoms with Gasteiger partial charge in [-0.05, 0) is 17.7 Å². The number of hydrogen-bond donors (Lipinski definition) is 2. The van der Waals surface area contributed by atoms with Crippen molar-refractivity contribution in [3.8, 4) is 22.4 Å². The number of nitrogens with zero attached hydrogens (tertiary/aromatic N) is 4. The fourth-order valence-corrected chi connectivity index (χ4v) is 2.86. The summed E-state index contributed by atoms with van der Waals surface area (Å²) >= 11 is 0. The van der Waals surface area contributed by atoms with Crippen LogP contribution in [0.1, 0.15) is 0 Å². The first-order valence-electron chi connectivity index (χ1n) is 9.13. The lowest BCUT2D eigenvalue weighted by atomic mass is 10.0. The van der Waals surface area contributed by atoms with E-state index in [-0.39, 0.29) is 0 Å². The highest BCUT2D eigenvalue weighted by Gasteiger charge is 2.10. The van der Waals surface area contributed by atoms with E-state index in [1.54, 1.807) is 18.5 Å². The van der Waals surface area contributed by atoms with Gasteiger partial charge in [0.05, 0.1) is 5.69 Å². The van der Waals surface area contributed by atoms with Crippen LogP contribution in [0.25, 0.3) is 22.4 Å². The van der Waals surface area contributed by atoms with Crippen molar-refractivity contribution in [2.45, 2.75) is 0 Å². The standard InChI is InChI=1S/C22H20N6/c1-3-8-17(9-4-1)19-16-20(18-10-5-2-6-11-18)27-28-21(19)23-14-15-26-22-24-12-7-13-25-22/h1-13,16H,14-15H2,(H,23,28)(H,24,25,26). The van der Waals surface area contributed by atoms with Gasteiger partial charge in [-0.2, -0.15) is 0 Å². The molecule has 2 aromatic heterocycles. The molecule has 0 fully saturated rings. The zero-order valence-corrected chi connectivity index (χ0v) is 15.3. The van der Waals surface area contributed by atoms with Gasteiger partial charge in [0.25, 0.3) is 0 Å². The molecule has 4 rings (SSSR count). The van der Waals surface area contributed by atoms with Crippen LogP contribution in [0, 0.1) is 0 Å². The summed E-state index contributed by atoms with van der Waals surface area (Å²) in [6, 6.07) is 24.2. The van der Waals surface area contributed by atoms with Crippen LogP contribution in [-0.4, -0.2) is 33.3 Å². The SMILES string of the molecule is c1ccc(-c2cc(-c3ccccc3)c(NCCNc3ncccn3)nn2)cc1.